The predicted molar refractivity (Wildman–Crippen MR) is 123 cm³/mol. The minimum atomic E-state index is -3.12. The van der Waals surface area contributed by atoms with E-state index in [1.54, 1.807) is 0 Å². The highest BCUT2D eigenvalue weighted by Crippen LogP contribution is 2.29. The second-order valence-corrected chi connectivity index (χ2v) is 6.19. The van der Waals surface area contributed by atoms with E-state index in [0.29, 0.717) is 0 Å². The predicted octanol–water partition coefficient (Wildman–Crippen LogP) is 2.20. The number of amidine groups is 1. The zero-order chi connectivity index (χ0) is 30.4. The number of carbonyl (C=O) groups excluding carboxylic acids is 1. The van der Waals surface area contributed by atoms with Crippen molar-refractivity contribution in [2.75, 3.05) is 30.5 Å². The van der Waals surface area contributed by atoms with Crippen molar-refractivity contribution in [3.05, 3.63) is 58.6 Å². The first kappa shape index (κ1) is 13.9. The summed E-state index contributed by atoms with van der Waals surface area (Å²) in [5, 5.41) is 0. The van der Waals surface area contributed by atoms with Crippen molar-refractivity contribution >= 4 is 41.1 Å². The zero-order valence-electron chi connectivity index (χ0n) is 25.2. The Kier molecular flexibility index (Phi) is 4.02. The molecule has 1 aromatic carbocycles. The van der Waals surface area contributed by atoms with Crippen molar-refractivity contribution in [3.8, 4) is 0 Å². The van der Waals surface area contributed by atoms with Crippen LogP contribution in [0.25, 0.3) is 5.70 Å². The number of anilines is 3. The lowest BCUT2D eigenvalue weighted by atomic mass is 10.1. The van der Waals surface area contributed by atoms with E-state index in [1.165, 1.54) is 14.0 Å². The largest absolute Gasteiger partial charge is 0.452 e. The molecule has 32 heavy (non-hydrogen) atoms. The summed E-state index contributed by atoms with van der Waals surface area (Å²) in [4.78, 5) is 28.3. The number of carbonyl (C=O) groups is 1. The third-order valence-electron chi connectivity index (χ3n) is 4.03. The Labute approximate surface area is 195 Å². The van der Waals surface area contributed by atoms with Gasteiger partial charge in [-0.25, -0.2) is 24.1 Å². The first-order chi connectivity index (χ1) is 18.5. The fourth-order valence-electron chi connectivity index (χ4n) is 2.52. The van der Waals surface area contributed by atoms with Gasteiger partial charge in [0.2, 0.25) is 0 Å². The number of dihydropyridines is 1. The van der Waals surface area contributed by atoms with Gasteiger partial charge in [0.05, 0.1) is 30.3 Å². The van der Waals surface area contributed by atoms with Crippen LogP contribution >= 0.6 is 0 Å². The number of benzene rings is 1. The minimum absolute atomic E-state index is 0.130. The normalized spacial score (nSPS) is 20.6. The Morgan fingerprint density at radius 2 is 2.03 bits per heavy atom. The molecule has 0 saturated heterocycles. The van der Waals surface area contributed by atoms with Crippen LogP contribution in [0.2, 0.25) is 0 Å². The molecule has 1 aliphatic rings. The Balaban J connectivity index is 2.30. The maximum absolute atomic E-state index is 15.0. The van der Waals surface area contributed by atoms with Gasteiger partial charge < -0.3 is 21.9 Å². The van der Waals surface area contributed by atoms with Crippen LogP contribution in [-0.4, -0.2) is 42.2 Å². The molecule has 0 unspecified atom stereocenters. The Bertz CT molecular complexity index is 1520. The number of rotatable bonds is 4. The van der Waals surface area contributed by atoms with E-state index < -0.39 is 83.3 Å². The molecule has 0 radical (unpaired) electrons. The molecule has 0 saturated carbocycles. The van der Waals surface area contributed by atoms with Crippen molar-refractivity contribution in [1.82, 2.24) is 9.97 Å². The minimum Gasteiger partial charge on any atom is -0.452 e. The molecular weight excluding hydrogens is 415 g/mol. The number of allylic oxidation sites excluding steroid dienone is 1. The summed E-state index contributed by atoms with van der Waals surface area (Å²) in [6.45, 7) is -1.88. The summed E-state index contributed by atoms with van der Waals surface area (Å²) in [5.41, 5.74) is 15.7. The molecule has 1 aromatic heterocycles. The Morgan fingerprint density at radius 1 is 1.34 bits per heavy atom. The summed E-state index contributed by atoms with van der Waals surface area (Å²) >= 11 is 0. The number of hydrogen-bond donors (Lipinski definition) is 3. The van der Waals surface area contributed by atoms with E-state index in [-0.39, 0.29) is 22.9 Å². The van der Waals surface area contributed by atoms with Crippen LogP contribution in [0.3, 0.4) is 0 Å². The van der Waals surface area contributed by atoms with Crippen LogP contribution in [0.4, 0.5) is 26.5 Å². The van der Waals surface area contributed by atoms with Gasteiger partial charge in [-0.1, -0.05) is 17.6 Å². The smallest absolute Gasteiger partial charge is 0.413 e. The third kappa shape index (κ3) is 4.56. The van der Waals surface area contributed by atoms with E-state index >= 15 is 0 Å². The molecule has 0 spiro atoms. The maximum atomic E-state index is 15.0. The average Bonchev–Trinajstić information content (AvgIpc) is 2.88. The lowest BCUT2D eigenvalue weighted by molar-refractivity contribution is 0.180. The molecule has 11 heteroatoms. The molecule has 0 aliphatic carbocycles. The Morgan fingerprint density at radius 3 is 2.69 bits per heavy atom. The molecular formula is C21H23FN8O2. The highest BCUT2D eigenvalue weighted by atomic mass is 19.1. The highest BCUT2D eigenvalue weighted by molar-refractivity contribution is 6.13. The van der Waals surface area contributed by atoms with E-state index in [1.807, 2.05) is 0 Å². The van der Waals surface area contributed by atoms with Gasteiger partial charge in [-0.2, -0.15) is 0 Å². The fraction of sp³-hybridized carbons (Fsp3) is 0.190. The molecule has 1 aliphatic heterocycles. The number of methoxy groups -OCH3 is 1. The number of amides is 1. The quantitative estimate of drug-likeness (QED) is 0.649. The van der Waals surface area contributed by atoms with E-state index in [9.17, 15) is 9.18 Å². The summed E-state index contributed by atoms with van der Waals surface area (Å²) < 4.78 is 84.3. The number of nitrogen functional groups attached to an aromatic ring is 2. The molecule has 3 rings (SSSR count). The van der Waals surface area contributed by atoms with Gasteiger partial charge in [0.1, 0.15) is 11.5 Å². The van der Waals surface area contributed by atoms with Crippen LogP contribution in [0.5, 0.6) is 0 Å². The SMILES string of the molecule is [2H]C1=NC(=NC([2H])([2H])c2c([2H])c(C)c([2H])c([2H])c2F)C(=C(N)c2nc(N)c(N(C)C(=O)OC)c(N)n2)C([2H])=C1[2H]. The van der Waals surface area contributed by atoms with Crippen LogP contribution in [-0.2, 0) is 11.2 Å². The van der Waals surface area contributed by atoms with Crippen LogP contribution < -0.4 is 22.1 Å². The van der Waals surface area contributed by atoms with E-state index in [4.69, 9.17) is 28.2 Å². The average molecular weight is 447 g/mol. The number of nitrogens with two attached hydrogens (primary N) is 3. The van der Waals surface area contributed by atoms with E-state index in [2.05, 4.69) is 24.7 Å². The Hall–Kier alpha value is -4.28. The lowest BCUT2D eigenvalue weighted by Crippen LogP contribution is -2.28. The number of ether oxygens (including phenoxy) is 1. The van der Waals surface area contributed by atoms with Crippen molar-refractivity contribution in [2.45, 2.75) is 13.4 Å². The van der Waals surface area contributed by atoms with Crippen molar-refractivity contribution < 1.29 is 24.9 Å². The van der Waals surface area contributed by atoms with Gasteiger partial charge in [0.15, 0.2) is 23.3 Å². The van der Waals surface area contributed by atoms with Gasteiger partial charge >= 0.3 is 6.09 Å². The molecule has 0 fully saturated rings. The second kappa shape index (κ2) is 9.25. The van der Waals surface area contributed by atoms with Gasteiger partial charge in [-0.05, 0) is 25.1 Å². The summed E-state index contributed by atoms with van der Waals surface area (Å²) in [7, 11) is 2.40. The van der Waals surface area contributed by atoms with E-state index in [0.717, 1.165) is 12.0 Å². The van der Waals surface area contributed by atoms with Crippen molar-refractivity contribution in [1.29, 1.82) is 0 Å². The van der Waals surface area contributed by atoms with Crippen molar-refractivity contribution in [2.24, 2.45) is 15.7 Å². The summed E-state index contributed by atoms with van der Waals surface area (Å²) in [6.07, 6.45) is -1.64. The first-order valence-electron chi connectivity index (χ1n) is 12.8. The lowest BCUT2D eigenvalue weighted by Gasteiger charge is -2.19. The van der Waals surface area contributed by atoms with Gasteiger partial charge in [0.25, 0.3) is 0 Å². The van der Waals surface area contributed by atoms with Crippen LogP contribution in [0.1, 0.15) is 27.9 Å². The highest BCUT2D eigenvalue weighted by Gasteiger charge is 2.22. The topological polar surface area (TPSA) is 158 Å². The molecule has 10 nitrogen and oxygen atoms in total. The number of aliphatic imine (C=N–C) groups is 2. The van der Waals surface area contributed by atoms with Crippen LogP contribution in [0, 0.1) is 12.7 Å². The number of nitrogens with zero attached hydrogens (tertiary/aromatic N) is 5. The molecule has 166 valence electrons. The summed E-state index contributed by atoms with van der Waals surface area (Å²) in [6, 6.07) is -3.76. The number of halogens is 1. The third-order valence-corrected chi connectivity index (χ3v) is 4.03. The van der Waals surface area contributed by atoms with Gasteiger partial charge in [-0.15, -0.1) is 0 Å². The standard InChI is InChI=1S/C21H23FN8O2/c1-11-6-7-14(22)12(9-11)10-27-19-13(5-4-8-26-19)15(23)20-28-17(24)16(18(25)29-20)30(2)21(31)32-3/h4-9H,10,23H2,1-3H3,(H4,24,25,28,29)/i4D,5D,6D,7D,8D,9D,10D2. The molecule has 2 aromatic rings. The van der Waals surface area contributed by atoms with Crippen molar-refractivity contribution in [3.63, 3.8) is 0 Å². The fourth-order valence-corrected chi connectivity index (χ4v) is 2.52. The first-order valence-corrected chi connectivity index (χ1v) is 8.80. The second-order valence-electron chi connectivity index (χ2n) is 6.19. The van der Waals surface area contributed by atoms with Crippen LogP contribution in [0.15, 0.2) is 45.8 Å². The maximum Gasteiger partial charge on any atom is 0.413 e. The van der Waals surface area contributed by atoms with Gasteiger partial charge in [0, 0.05) is 24.4 Å². The molecule has 6 N–H and O–H groups in total. The molecule has 2 heterocycles. The number of hydrogen-bond acceptors (Lipinski definition) is 8. The molecule has 0 bridgehead atoms. The zero-order valence-corrected chi connectivity index (χ0v) is 17.2. The molecule has 0 atom stereocenters. The monoisotopic (exact) mass is 446 g/mol. The van der Waals surface area contributed by atoms with Gasteiger partial charge in [-0.3, -0.25) is 9.89 Å². The summed E-state index contributed by atoms with van der Waals surface area (Å²) in [5.74, 6) is -3.37. The molecule has 1 amide bonds. The number of aromatic nitrogens is 2.